The highest BCUT2D eigenvalue weighted by atomic mass is 16.5. The standard InChI is InChI=1S/C20H25N3O3/c1-20(2)12-15-11-14(5-7-17(15)26-20)9-10-25-18-8-6-16(13-21-18)22-19(24)23(3)4/h5-8,11,13H,9-10,12H2,1-4H3,(H,22,24). The summed E-state index contributed by atoms with van der Waals surface area (Å²) in [6.45, 7) is 4.75. The Bertz CT molecular complexity index is 785. The molecule has 0 spiro atoms. The van der Waals surface area contributed by atoms with Gasteiger partial charge in [-0.25, -0.2) is 9.78 Å². The molecule has 2 aromatic rings. The summed E-state index contributed by atoms with van der Waals surface area (Å²) >= 11 is 0. The number of hydrogen-bond donors (Lipinski definition) is 1. The van der Waals surface area contributed by atoms with E-state index in [1.54, 1.807) is 32.4 Å². The van der Waals surface area contributed by atoms with Crippen LogP contribution in [0, 0.1) is 0 Å². The van der Waals surface area contributed by atoms with Crippen LogP contribution in [0.15, 0.2) is 36.5 Å². The van der Waals surface area contributed by atoms with Gasteiger partial charge >= 0.3 is 6.03 Å². The first-order valence-electron chi connectivity index (χ1n) is 8.70. The number of urea groups is 1. The van der Waals surface area contributed by atoms with E-state index in [-0.39, 0.29) is 11.6 Å². The van der Waals surface area contributed by atoms with E-state index in [2.05, 4.69) is 36.3 Å². The Morgan fingerprint density at radius 1 is 1.31 bits per heavy atom. The van der Waals surface area contributed by atoms with Gasteiger partial charge in [0.15, 0.2) is 0 Å². The second kappa shape index (κ2) is 7.23. The lowest BCUT2D eigenvalue weighted by Crippen LogP contribution is -2.27. The van der Waals surface area contributed by atoms with Gasteiger partial charge in [-0.1, -0.05) is 12.1 Å². The summed E-state index contributed by atoms with van der Waals surface area (Å²) in [7, 11) is 3.37. The van der Waals surface area contributed by atoms with Crippen LogP contribution < -0.4 is 14.8 Å². The molecule has 138 valence electrons. The van der Waals surface area contributed by atoms with Crippen LogP contribution >= 0.6 is 0 Å². The zero-order chi connectivity index (χ0) is 18.7. The van der Waals surface area contributed by atoms with Crippen LogP contribution in [0.4, 0.5) is 10.5 Å². The molecule has 6 heteroatoms. The minimum Gasteiger partial charge on any atom is -0.487 e. The predicted octanol–water partition coefficient (Wildman–Crippen LogP) is 3.51. The first kappa shape index (κ1) is 18.0. The summed E-state index contributed by atoms with van der Waals surface area (Å²) in [4.78, 5) is 17.3. The number of anilines is 1. The van der Waals surface area contributed by atoms with Crippen molar-refractivity contribution in [1.29, 1.82) is 0 Å². The Morgan fingerprint density at radius 2 is 2.12 bits per heavy atom. The number of hydrogen-bond acceptors (Lipinski definition) is 4. The zero-order valence-electron chi connectivity index (χ0n) is 15.7. The number of fused-ring (bicyclic) bond motifs is 1. The highest BCUT2D eigenvalue weighted by Gasteiger charge is 2.29. The van der Waals surface area contributed by atoms with Gasteiger partial charge in [-0.05, 0) is 37.1 Å². The molecule has 0 atom stereocenters. The van der Waals surface area contributed by atoms with E-state index in [1.807, 2.05) is 6.07 Å². The van der Waals surface area contributed by atoms with Crippen LogP contribution in [-0.2, 0) is 12.8 Å². The third kappa shape index (κ3) is 4.45. The molecular formula is C20H25N3O3. The third-order valence-electron chi connectivity index (χ3n) is 4.16. The number of carbonyl (C=O) groups is 1. The molecule has 6 nitrogen and oxygen atoms in total. The molecule has 3 rings (SSSR count). The molecule has 0 unspecified atom stereocenters. The van der Waals surface area contributed by atoms with Crippen LogP contribution in [0.1, 0.15) is 25.0 Å². The van der Waals surface area contributed by atoms with Crippen molar-refractivity contribution in [2.45, 2.75) is 32.3 Å². The fourth-order valence-corrected chi connectivity index (χ4v) is 2.87. The number of pyridine rings is 1. The number of aromatic nitrogens is 1. The largest absolute Gasteiger partial charge is 0.487 e. The van der Waals surface area contributed by atoms with Crippen LogP contribution in [0.2, 0.25) is 0 Å². The predicted molar refractivity (Wildman–Crippen MR) is 101 cm³/mol. The number of amides is 2. The van der Waals surface area contributed by atoms with E-state index >= 15 is 0 Å². The molecular weight excluding hydrogens is 330 g/mol. The summed E-state index contributed by atoms with van der Waals surface area (Å²) in [6, 6.07) is 9.66. The Hall–Kier alpha value is -2.76. The van der Waals surface area contributed by atoms with Gasteiger partial charge in [0.25, 0.3) is 0 Å². The van der Waals surface area contributed by atoms with Gasteiger partial charge in [-0.15, -0.1) is 0 Å². The van der Waals surface area contributed by atoms with Gasteiger partial charge in [0.05, 0.1) is 18.5 Å². The SMILES string of the molecule is CN(C)C(=O)Nc1ccc(OCCc2ccc3c(c2)CC(C)(C)O3)nc1. The van der Waals surface area contributed by atoms with Crippen molar-refractivity contribution in [2.75, 3.05) is 26.0 Å². The molecule has 2 heterocycles. The molecule has 1 N–H and O–H groups in total. The molecule has 0 aliphatic carbocycles. The molecule has 1 aliphatic rings. The van der Waals surface area contributed by atoms with E-state index in [1.165, 1.54) is 16.0 Å². The van der Waals surface area contributed by atoms with Gasteiger partial charge in [-0.2, -0.15) is 0 Å². The smallest absolute Gasteiger partial charge is 0.321 e. The molecule has 0 bridgehead atoms. The maximum atomic E-state index is 11.6. The lowest BCUT2D eigenvalue weighted by molar-refractivity contribution is 0.138. The average Bonchev–Trinajstić information content (AvgIpc) is 2.89. The molecule has 0 saturated heterocycles. The molecule has 26 heavy (non-hydrogen) atoms. The summed E-state index contributed by atoms with van der Waals surface area (Å²) < 4.78 is 11.6. The quantitative estimate of drug-likeness (QED) is 0.891. The average molecular weight is 355 g/mol. The number of ether oxygens (including phenoxy) is 2. The summed E-state index contributed by atoms with van der Waals surface area (Å²) in [5, 5.41) is 2.74. The summed E-state index contributed by atoms with van der Waals surface area (Å²) in [5.74, 6) is 1.52. The first-order chi connectivity index (χ1) is 12.3. The van der Waals surface area contributed by atoms with Crippen LogP contribution in [0.5, 0.6) is 11.6 Å². The highest BCUT2D eigenvalue weighted by molar-refractivity contribution is 5.88. The third-order valence-corrected chi connectivity index (χ3v) is 4.16. The van der Waals surface area contributed by atoms with Gasteiger partial charge in [-0.3, -0.25) is 0 Å². The van der Waals surface area contributed by atoms with Crippen molar-refractivity contribution in [2.24, 2.45) is 0 Å². The summed E-state index contributed by atoms with van der Waals surface area (Å²) in [5.41, 5.74) is 2.99. The van der Waals surface area contributed by atoms with E-state index in [9.17, 15) is 4.79 Å². The normalized spacial score (nSPS) is 14.3. The molecule has 1 aromatic carbocycles. The van der Waals surface area contributed by atoms with Crippen LogP contribution in [0.3, 0.4) is 0 Å². The van der Waals surface area contributed by atoms with Crippen LogP contribution in [-0.4, -0.2) is 42.2 Å². The minimum absolute atomic E-state index is 0.120. The van der Waals surface area contributed by atoms with Gasteiger partial charge in [0, 0.05) is 33.0 Å². The Labute approximate surface area is 154 Å². The van der Waals surface area contributed by atoms with Crippen LogP contribution in [0.25, 0.3) is 0 Å². The van der Waals surface area contributed by atoms with Crippen molar-refractivity contribution >= 4 is 11.7 Å². The maximum absolute atomic E-state index is 11.6. The minimum atomic E-state index is -0.191. The van der Waals surface area contributed by atoms with E-state index < -0.39 is 0 Å². The maximum Gasteiger partial charge on any atom is 0.321 e. The van der Waals surface area contributed by atoms with E-state index in [4.69, 9.17) is 9.47 Å². The lowest BCUT2D eigenvalue weighted by Gasteiger charge is -2.16. The highest BCUT2D eigenvalue weighted by Crippen LogP contribution is 2.35. The molecule has 1 aliphatic heterocycles. The number of nitrogens with zero attached hydrogens (tertiary/aromatic N) is 2. The van der Waals surface area contributed by atoms with Crippen molar-refractivity contribution in [3.63, 3.8) is 0 Å². The zero-order valence-corrected chi connectivity index (χ0v) is 15.7. The van der Waals surface area contributed by atoms with Gasteiger partial charge in [0.2, 0.25) is 5.88 Å². The first-order valence-corrected chi connectivity index (χ1v) is 8.70. The van der Waals surface area contributed by atoms with Crippen molar-refractivity contribution in [3.05, 3.63) is 47.7 Å². The Morgan fingerprint density at radius 3 is 2.81 bits per heavy atom. The van der Waals surface area contributed by atoms with Gasteiger partial charge < -0.3 is 19.7 Å². The summed E-state index contributed by atoms with van der Waals surface area (Å²) in [6.07, 6.45) is 3.32. The number of carbonyl (C=O) groups excluding carboxylic acids is 1. The fraction of sp³-hybridized carbons (Fsp3) is 0.400. The number of benzene rings is 1. The fourth-order valence-electron chi connectivity index (χ4n) is 2.87. The second-order valence-electron chi connectivity index (χ2n) is 7.29. The molecule has 2 amide bonds. The number of rotatable bonds is 5. The molecule has 0 fully saturated rings. The topological polar surface area (TPSA) is 63.7 Å². The Balaban J connectivity index is 1.50. The second-order valence-corrected chi connectivity index (χ2v) is 7.29. The van der Waals surface area contributed by atoms with E-state index in [0.29, 0.717) is 18.2 Å². The Kier molecular flexibility index (Phi) is 5.02. The monoisotopic (exact) mass is 355 g/mol. The molecule has 0 saturated carbocycles. The number of nitrogens with one attached hydrogen (secondary N) is 1. The van der Waals surface area contributed by atoms with Gasteiger partial charge in [0.1, 0.15) is 11.4 Å². The van der Waals surface area contributed by atoms with Crippen molar-refractivity contribution < 1.29 is 14.3 Å². The van der Waals surface area contributed by atoms with Crippen molar-refractivity contribution in [3.8, 4) is 11.6 Å². The lowest BCUT2D eigenvalue weighted by atomic mass is 9.99. The van der Waals surface area contributed by atoms with Crippen molar-refractivity contribution in [1.82, 2.24) is 9.88 Å². The molecule has 0 radical (unpaired) electrons. The van der Waals surface area contributed by atoms with E-state index in [0.717, 1.165) is 18.6 Å². The molecule has 1 aromatic heterocycles.